The molecule has 1 fully saturated rings. The molecule has 7 heterocycles. The average molecular weight is 1770 g/mol. The van der Waals surface area contributed by atoms with E-state index in [1.807, 2.05) is 187 Å². The number of ketones is 1. The molecule has 5 atom stereocenters. The number of carbonyl (C=O) groups is 10. The third kappa shape index (κ3) is 25.8. The van der Waals surface area contributed by atoms with Gasteiger partial charge in [0.1, 0.15) is 12.3 Å². The Morgan fingerprint density at radius 3 is 1.48 bits per heavy atom. The third-order valence-electron chi connectivity index (χ3n) is 21.2. The van der Waals surface area contributed by atoms with E-state index in [9.17, 15) is 47.9 Å². The summed E-state index contributed by atoms with van der Waals surface area (Å²) >= 11 is 2.91. The van der Waals surface area contributed by atoms with Crippen molar-refractivity contribution in [1.82, 2.24) is 73.0 Å². The molecule has 30 nitrogen and oxygen atoms in total. The Labute approximate surface area is 746 Å². The number of thiophene rings is 2. The molecule has 0 unspecified atom stereocenters. The van der Waals surface area contributed by atoms with Gasteiger partial charge in [-0.2, -0.15) is 0 Å². The maximum absolute atomic E-state index is 12.9. The van der Waals surface area contributed by atoms with Crippen LogP contribution in [-0.2, 0) is 11.8 Å². The van der Waals surface area contributed by atoms with Crippen LogP contribution < -0.4 is 53.2 Å². The highest BCUT2D eigenvalue weighted by Crippen LogP contribution is 2.35. The van der Waals surface area contributed by atoms with Crippen LogP contribution in [0.2, 0.25) is 0 Å². The number of Topliss-reactive ketones (excluding diaryl/α,β-unsaturated/α-hetero) is 1. The largest absolute Gasteiger partial charge is 0.481 e. The fourth-order valence-corrected chi connectivity index (χ4v) is 16.1. The maximum atomic E-state index is 12.9. The van der Waals surface area contributed by atoms with Gasteiger partial charge in [-0.3, -0.25) is 83.7 Å². The average Bonchev–Trinajstić information content (AvgIpc) is 1.63. The van der Waals surface area contributed by atoms with Crippen LogP contribution in [0.15, 0.2) is 237 Å². The van der Waals surface area contributed by atoms with E-state index in [0.717, 1.165) is 79.0 Å². The van der Waals surface area contributed by atoms with E-state index < -0.39 is 36.3 Å². The number of aliphatic hydroxyl groups excluding tert-OH is 1. The molecule has 6 aromatic carbocycles. The van der Waals surface area contributed by atoms with Crippen LogP contribution in [0.5, 0.6) is 5.88 Å². The number of para-hydroxylation sites is 1. The number of nitrogens with zero attached hydrogens (tertiary/aromatic N) is 5. The molecule has 1 aliphatic carbocycles. The zero-order valence-corrected chi connectivity index (χ0v) is 73.5. The summed E-state index contributed by atoms with van der Waals surface area (Å²) in [7, 11) is 3.28. The Balaban J connectivity index is 0.000000167. The summed E-state index contributed by atoms with van der Waals surface area (Å²) < 4.78 is 9.20. The molecule has 0 saturated heterocycles. The van der Waals surface area contributed by atoms with E-state index in [-0.39, 0.29) is 87.5 Å². The number of ether oxygens (including phenoxy) is 1. The molecule has 7 aromatic heterocycles. The summed E-state index contributed by atoms with van der Waals surface area (Å²) in [4.78, 5) is 138. The van der Waals surface area contributed by atoms with Gasteiger partial charge in [0.15, 0.2) is 5.78 Å². The summed E-state index contributed by atoms with van der Waals surface area (Å²) in [5, 5.41) is 61.8. The molecule has 1 saturated carbocycles. The first-order chi connectivity index (χ1) is 61.6. The van der Waals surface area contributed by atoms with Gasteiger partial charge in [-0.15, -0.1) is 22.7 Å². The SMILES string of the molecule is CC(C)(C)[C@H](NC(=O)c1ccc(-c2ccccc2)cc1)c1ccc(C(=O)NO)cn1.CC[C@H](NC(=O)CC1CCCC1)c1cncc(C(=O)CO)c1.CC[C@H](NC(=O)c1cc2ccccc2s1)c1ccc(C(=O)NO)cc1.COc1ncc(C(=O)NO)cc1[C@H](C)NC(=O)c1cc2ccccc2n1C.C[C@H](NC(=O)c1cc2ccccc2s1)c1ccc(C(=O)NO)cn1. The number of carbonyl (C=O) groups excluding carboxylic acids is 10. The normalized spacial score (nSPS) is 12.7. The number of aromatic nitrogens is 5. The van der Waals surface area contributed by atoms with Gasteiger partial charge in [0.25, 0.3) is 47.3 Å². The van der Waals surface area contributed by atoms with Crippen molar-refractivity contribution in [3.63, 3.8) is 0 Å². The van der Waals surface area contributed by atoms with E-state index in [1.165, 1.54) is 79.5 Å². The standard InChI is InChI=1S/C24H25N3O3.C19H20N4O4.C19H18N2O3S.C17H15N3O3S.C17H24N2O3/c1-24(2,3)21(20-14-13-19(15-25-20)23(29)27-30)26-22(28)18-11-9-17(10-12-18)16-7-5-4-6-8-16;1-11(14-8-13(17(24)22-26)10-20-19(14)27-3)21-18(25)16-9-12-6-4-5-7-15(12)23(16)2;1-2-15(12-7-9-13(10-8-12)18(22)21-24)20-19(23)17-11-14-5-3-4-6-16(14)25-17;1-10(13-7-6-12(9-18-13)16(21)20-23)19-17(22)15-8-11-4-2-3-5-14(11)24-15;1-2-15(19-17(22)7-12-5-3-4-6-12)13-8-14(10-18-9-13)16(21)11-20/h4-15,21,30H,1-3H3,(H,26,28)(H,27,29);4-11,26H,1-3H3,(H,21,25)(H,22,24);3-11,15,24H,2H2,1H3,(H,20,23)(H,21,22);2-10,23H,1H3,(H,19,22)(H,20,21);8-10,12,15,20H,2-7,11H2,1H3,(H,19,22)/t21-;11-;15-;10-;15-/m10000/s1. The summed E-state index contributed by atoms with van der Waals surface area (Å²) in [6.07, 6.45) is 13.9. The lowest BCUT2D eigenvalue weighted by Crippen LogP contribution is -2.37. The van der Waals surface area contributed by atoms with Crippen molar-refractivity contribution < 1.29 is 78.6 Å². The summed E-state index contributed by atoms with van der Waals surface area (Å²) in [6.45, 7) is 13.0. The highest BCUT2D eigenvalue weighted by molar-refractivity contribution is 7.21. The molecule has 14 rings (SSSR count). The van der Waals surface area contributed by atoms with Crippen LogP contribution in [-0.4, -0.2) is 123 Å². The van der Waals surface area contributed by atoms with E-state index in [0.29, 0.717) is 61.4 Å². The number of hydroxylamine groups is 4. The minimum atomic E-state index is -0.696. The number of aliphatic hydroxyl groups is 1. The number of amides is 9. The number of hydrogen-bond acceptors (Lipinski definition) is 22. The fourth-order valence-electron chi connectivity index (χ4n) is 14.2. The van der Waals surface area contributed by atoms with Crippen LogP contribution >= 0.6 is 22.7 Å². The summed E-state index contributed by atoms with van der Waals surface area (Å²) in [5.74, 6) is -2.75. The number of fused-ring (bicyclic) bond motifs is 3. The van der Waals surface area contributed by atoms with Crippen molar-refractivity contribution in [2.75, 3.05) is 13.7 Å². The van der Waals surface area contributed by atoms with E-state index >= 15 is 0 Å². The van der Waals surface area contributed by atoms with Crippen LogP contribution in [0.4, 0.5) is 0 Å². The fraction of sp³-hybridized carbons (Fsp3) is 0.250. The van der Waals surface area contributed by atoms with Crippen molar-refractivity contribution in [3.8, 4) is 17.0 Å². The van der Waals surface area contributed by atoms with Gasteiger partial charge in [0.05, 0.1) is 75.2 Å². The Bertz CT molecular complexity index is 5950. The van der Waals surface area contributed by atoms with E-state index in [4.69, 9.17) is 30.7 Å². The van der Waals surface area contributed by atoms with Gasteiger partial charge in [0, 0.05) is 87.0 Å². The molecule has 0 aliphatic heterocycles. The topological polar surface area (TPSA) is 446 Å². The first-order valence-corrected chi connectivity index (χ1v) is 42.8. The molecule has 128 heavy (non-hydrogen) atoms. The number of hydrogen-bond donors (Lipinski definition) is 14. The van der Waals surface area contributed by atoms with Gasteiger partial charge < -0.3 is 41.0 Å². The lowest BCUT2D eigenvalue weighted by Gasteiger charge is -2.31. The predicted molar refractivity (Wildman–Crippen MR) is 486 cm³/mol. The molecular formula is C96H102N14O16S2. The van der Waals surface area contributed by atoms with Crippen molar-refractivity contribution in [1.29, 1.82) is 0 Å². The van der Waals surface area contributed by atoms with Crippen molar-refractivity contribution in [2.45, 2.75) is 124 Å². The molecule has 664 valence electrons. The zero-order valence-electron chi connectivity index (χ0n) is 71.9. The zero-order chi connectivity index (χ0) is 92.1. The molecule has 1 aliphatic rings. The number of benzene rings is 6. The van der Waals surface area contributed by atoms with Gasteiger partial charge >= 0.3 is 0 Å². The number of nitrogens with one attached hydrogen (secondary N) is 9. The van der Waals surface area contributed by atoms with Crippen LogP contribution in [0.3, 0.4) is 0 Å². The molecule has 32 heteroatoms. The van der Waals surface area contributed by atoms with Gasteiger partial charge in [-0.05, 0) is 181 Å². The third-order valence-corrected chi connectivity index (χ3v) is 23.5. The molecule has 0 bridgehead atoms. The van der Waals surface area contributed by atoms with Crippen molar-refractivity contribution in [3.05, 3.63) is 314 Å². The van der Waals surface area contributed by atoms with E-state index in [1.54, 1.807) is 95.7 Å². The Morgan fingerprint density at radius 1 is 0.461 bits per heavy atom. The number of methoxy groups -OCH3 is 1. The first-order valence-electron chi connectivity index (χ1n) is 41.2. The Kier molecular flexibility index (Phi) is 34.7. The number of pyridine rings is 4. The lowest BCUT2D eigenvalue weighted by molar-refractivity contribution is -0.122. The smallest absolute Gasteiger partial charge is 0.276 e. The molecule has 9 amide bonds. The second-order valence-corrected chi connectivity index (χ2v) is 33.3. The minimum absolute atomic E-state index is 0.0673. The highest BCUT2D eigenvalue weighted by Gasteiger charge is 2.31. The predicted octanol–water partition coefficient (Wildman–Crippen LogP) is 15.8. The Hall–Kier alpha value is -14.1. The highest BCUT2D eigenvalue weighted by atomic mass is 32.1. The van der Waals surface area contributed by atoms with Crippen LogP contribution in [0.25, 0.3) is 42.2 Å². The maximum Gasteiger partial charge on any atom is 0.276 e. The lowest BCUT2D eigenvalue weighted by atomic mass is 9.84. The second kappa shape index (κ2) is 46.2. The van der Waals surface area contributed by atoms with Gasteiger partial charge in [-0.1, -0.05) is 157 Å². The molecule has 0 spiro atoms. The van der Waals surface area contributed by atoms with Crippen LogP contribution in [0, 0.1) is 11.3 Å². The van der Waals surface area contributed by atoms with E-state index in [2.05, 4.69) is 46.5 Å². The second-order valence-electron chi connectivity index (χ2n) is 31.1. The monoisotopic (exact) mass is 1770 g/mol. The van der Waals surface area contributed by atoms with Crippen LogP contribution in [0.1, 0.15) is 244 Å². The Morgan fingerprint density at radius 2 is 0.945 bits per heavy atom. The summed E-state index contributed by atoms with van der Waals surface area (Å²) in [6, 6.07) is 61.5. The van der Waals surface area contributed by atoms with Gasteiger partial charge in [-0.25, -0.2) is 26.9 Å². The van der Waals surface area contributed by atoms with Crippen molar-refractivity contribution in [2.24, 2.45) is 18.4 Å². The number of aryl methyl sites for hydroxylation is 1. The summed E-state index contributed by atoms with van der Waals surface area (Å²) in [5.41, 5.74) is 15.0. The molecule has 0 radical (unpaired) electrons. The molecule has 14 N–H and O–H groups in total. The quantitative estimate of drug-likeness (QED) is 0.0136. The van der Waals surface area contributed by atoms with Gasteiger partial charge in [0.2, 0.25) is 11.8 Å². The molecule has 13 aromatic rings. The minimum Gasteiger partial charge on any atom is -0.481 e. The number of rotatable bonds is 26. The first kappa shape index (κ1) is 96.1. The van der Waals surface area contributed by atoms with Crippen molar-refractivity contribution >= 4 is 113 Å². The molecular weight excluding hydrogens is 1670 g/mol.